The molecular weight excluding hydrogens is 300 g/mol. The molecule has 0 fully saturated rings. The Kier molecular flexibility index (Phi) is 6.73. The predicted molar refractivity (Wildman–Crippen MR) is 99.2 cm³/mol. The van der Waals surface area contributed by atoms with Crippen LogP contribution in [0.4, 0.5) is 0 Å². The Bertz CT molecular complexity index is 560. The molecule has 0 spiro atoms. The van der Waals surface area contributed by atoms with Gasteiger partial charge in [0.2, 0.25) is 0 Å². The van der Waals surface area contributed by atoms with Crippen molar-refractivity contribution in [3.63, 3.8) is 0 Å². The Hall–Kier alpha value is -1.48. The highest BCUT2D eigenvalue weighted by Crippen LogP contribution is 2.36. The molecule has 0 aromatic heterocycles. The van der Waals surface area contributed by atoms with Gasteiger partial charge in [-0.3, -0.25) is 0 Å². The minimum atomic E-state index is -0.0398. The number of hydrogen-bond donors (Lipinski definition) is 0. The topological polar surface area (TPSA) is 27.7 Å². The Labute approximate surface area is 147 Å². The van der Waals surface area contributed by atoms with E-state index in [1.807, 2.05) is 19.1 Å². The van der Waals surface area contributed by atoms with Crippen LogP contribution >= 0.6 is 0 Å². The average Bonchev–Trinajstić information content (AvgIpc) is 2.90. The SMILES string of the molecule is CCOC(C)(C)CCC(C)=CCCOc1ccc2c(c1)OCC2C. The molecule has 1 heterocycles. The summed E-state index contributed by atoms with van der Waals surface area (Å²) in [4.78, 5) is 0. The van der Waals surface area contributed by atoms with Gasteiger partial charge in [-0.2, -0.15) is 0 Å². The summed E-state index contributed by atoms with van der Waals surface area (Å²) in [7, 11) is 0. The van der Waals surface area contributed by atoms with E-state index in [0.29, 0.717) is 12.5 Å². The first kappa shape index (κ1) is 18.9. The Morgan fingerprint density at radius 1 is 1.38 bits per heavy atom. The summed E-state index contributed by atoms with van der Waals surface area (Å²) in [6.45, 7) is 13.0. The number of rotatable bonds is 9. The molecule has 0 saturated heterocycles. The second kappa shape index (κ2) is 8.57. The third kappa shape index (κ3) is 5.55. The number of benzene rings is 1. The molecular formula is C21H32O3. The van der Waals surface area contributed by atoms with Crippen molar-refractivity contribution in [3.05, 3.63) is 35.4 Å². The lowest BCUT2D eigenvalue weighted by atomic mass is 9.98. The normalized spacial score (nSPS) is 17.5. The van der Waals surface area contributed by atoms with Gasteiger partial charge in [0.05, 0.1) is 18.8 Å². The molecule has 2 rings (SSSR count). The summed E-state index contributed by atoms with van der Waals surface area (Å²) >= 11 is 0. The molecule has 0 bridgehead atoms. The summed E-state index contributed by atoms with van der Waals surface area (Å²) < 4.78 is 17.3. The van der Waals surface area contributed by atoms with Crippen LogP contribution < -0.4 is 9.47 Å². The van der Waals surface area contributed by atoms with E-state index in [2.05, 4.69) is 39.8 Å². The monoisotopic (exact) mass is 332 g/mol. The van der Waals surface area contributed by atoms with Crippen LogP contribution in [0.5, 0.6) is 11.5 Å². The van der Waals surface area contributed by atoms with E-state index in [9.17, 15) is 0 Å². The van der Waals surface area contributed by atoms with Gasteiger partial charge in [-0.1, -0.05) is 24.6 Å². The number of ether oxygens (including phenoxy) is 3. The highest BCUT2D eigenvalue weighted by Gasteiger charge is 2.20. The van der Waals surface area contributed by atoms with Crippen LogP contribution in [0.2, 0.25) is 0 Å². The molecule has 3 heteroatoms. The van der Waals surface area contributed by atoms with Crippen molar-refractivity contribution in [3.8, 4) is 11.5 Å². The maximum atomic E-state index is 5.85. The fourth-order valence-corrected chi connectivity index (χ4v) is 2.99. The number of fused-ring (bicyclic) bond motifs is 1. The standard InChI is InChI=1S/C21H32O3/c1-6-24-21(4,5)12-11-16(2)8-7-13-22-18-9-10-19-17(3)15-23-20(19)14-18/h8-10,14,17H,6-7,11-13,15H2,1-5H3. The van der Waals surface area contributed by atoms with Gasteiger partial charge < -0.3 is 14.2 Å². The van der Waals surface area contributed by atoms with E-state index in [4.69, 9.17) is 14.2 Å². The lowest BCUT2D eigenvalue weighted by Crippen LogP contribution is -2.24. The van der Waals surface area contributed by atoms with Crippen LogP contribution in [0.25, 0.3) is 0 Å². The molecule has 1 atom stereocenters. The zero-order valence-electron chi connectivity index (χ0n) is 15.9. The second-order valence-corrected chi connectivity index (χ2v) is 7.29. The van der Waals surface area contributed by atoms with Crippen LogP contribution in [-0.4, -0.2) is 25.4 Å². The van der Waals surface area contributed by atoms with Crippen LogP contribution in [0.3, 0.4) is 0 Å². The van der Waals surface area contributed by atoms with Gasteiger partial charge in [-0.25, -0.2) is 0 Å². The summed E-state index contributed by atoms with van der Waals surface area (Å²) in [6.07, 6.45) is 5.31. The third-order valence-corrected chi connectivity index (χ3v) is 4.54. The largest absolute Gasteiger partial charge is 0.493 e. The van der Waals surface area contributed by atoms with E-state index in [1.54, 1.807) is 0 Å². The van der Waals surface area contributed by atoms with Gasteiger partial charge in [0.1, 0.15) is 11.5 Å². The quantitative estimate of drug-likeness (QED) is 0.442. The summed E-state index contributed by atoms with van der Waals surface area (Å²) in [5.41, 5.74) is 2.65. The van der Waals surface area contributed by atoms with Crippen molar-refractivity contribution >= 4 is 0 Å². The summed E-state index contributed by atoms with van der Waals surface area (Å²) in [5, 5.41) is 0. The van der Waals surface area contributed by atoms with Gasteiger partial charge >= 0.3 is 0 Å². The molecule has 24 heavy (non-hydrogen) atoms. The van der Waals surface area contributed by atoms with Crippen molar-refractivity contribution in [1.82, 2.24) is 0 Å². The van der Waals surface area contributed by atoms with Gasteiger partial charge in [-0.15, -0.1) is 0 Å². The first-order valence-electron chi connectivity index (χ1n) is 9.10. The smallest absolute Gasteiger partial charge is 0.126 e. The molecule has 0 radical (unpaired) electrons. The second-order valence-electron chi connectivity index (χ2n) is 7.29. The molecule has 0 aliphatic carbocycles. The molecule has 0 N–H and O–H groups in total. The lowest BCUT2D eigenvalue weighted by Gasteiger charge is -2.24. The van der Waals surface area contributed by atoms with Gasteiger partial charge in [0, 0.05) is 24.2 Å². The van der Waals surface area contributed by atoms with Crippen molar-refractivity contribution in [2.24, 2.45) is 0 Å². The Morgan fingerprint density at radius 3 is 2.92 bits per heavy atom. The van der Waals surface area contributed by atoms with Crippen molar-refractivity contribution < 1.29 is 14.2 Å². The van der Waals surface area contributed by atoms with Gasteiger partial charge in [0.15, 0.2) is 0 Å². The molecule has 1 unspecified atom stereocenters. The fourth-order valence-electron chi connectivity index (χ4n) is 2.99. The van der Waals surface area contributed by atoms with E-state index >= 15 is 0 Å². The molecule has 0 saturated carbocycles. The predicted octanol–water partition coefficient (Wildman–Crippen LogP) is 5.49. The first-order chi connectivity index (χ1) is 11.4. The first-order valence-corrected chi connectivity index (χ1v) is 9.10. The fraction of sp³-hybridized carbons (Fsp3) is 0.619. The van der Waals surface area contributed by atoms with Crippen LogP contribution in [-0.2, 0) is 4.74 Å². The van der Waals surface area contributed by atoms with Gasteiger partial charge in [-0.05, 0) is 53.0 Å². The molecule has 0 amide bonds. The highest BCUT2D eigenvalue weighted by atomic mass is 16.5. The minimum Gasteiger partial charge on any atom is -0.493 e. The molecule has 1 aromatic carbocycles. The maximum Gasteiger partial charge on any atom is 0.126 e. The van der Waals surface area contributed by atoms with E-state index in [0.717, 1.165) is 44.0 Å². The average molecular weight is 332 g/mol. The lowest BCUT2D eigenvalue weighted by molar-refractivity contribution is -0.0158. The molecule has 1 aliphatic rings. The summed E-state index contributed by atoms with van der Waals surface area (Å²) in [6, 6.07) is 6.18. The van der Waals surface area contributed by atoms with Gasteiger partial charge in [0.25, 0.3) is 0 Å². The highest BCUT2D eigenvalue weighted by molar-refractivity contribution is 5.44. The molecule has 3 nitrogen and oxygen atoms in total. The maximum absolute atomic E-state index is 5.85. The van der Waals surface area contributed by atoms with Crippen LogP contribution in [0, 0.1) is 0 Å². The van der Waals surface area contributed by atoms with E-state index < -0.39 is 0 Å². The van der Waals surface area contributed by atoms with Crippen molar-refractivity contribution in [2.75, 3.05) is 19.8 Å². The third-order valence-electron chi connectivity index (χ3n) is 4.54. The van der Waals surface area contributed by atoms with E-state index in [1.165, 1.54) is 11.1 Å². The van der Waals surface area contributed by atoms with E-state index in [-0.39, 0.29) is 5.60 Å². The van der Waals surface area contributed by atoms with Crippen LogP contribution in [0.1, 0.15) is 65.4 Å². The number of allylic oxidation sites excluding steroid dienone is 1. The summed E-state index contributed by atoms with van der Waals surface area (Å²) in [5.74, 6) is 2.36. The molecule has 134 valence electrons. The minimum absolute atomic E-state index is 0.0398. The Morgan fingerprint density at radius 2 is 2.17 bits per heavy atom. The Balaban J connectivity index is 1.72. The zero-order valence-corrected chi connectivity index (χ0v) is 15.9. The zero-order chi connectivity index (χ0) is 17.6. The van der Waals surface area contributed by atoms with Crippen molar-refractivity contribution in [1.29, 1.82) is 0 Å². The molecule has 1 aromatic rings. The number of hydrogen-bond acceptors (Lipinski definition) is 3. The van der Waals surface area contributed by atoms with Crippen LogP contribution in [0.15, 0.2) is 29.8 Å². The molecule has 1 aliphatic heterocycles. The van der Waals surface area contributed by atoms with Crippen molar-refractivity contribution in [2.45, 2.75) is 65.4 Å².